The average molecular weight is 319 g/mol. The molecule has 2 heterocycles. The zero-order valence-corrected chi connectivity index (χ0v) is 13.9. The maximum absolute atomic E-state index is 12.5. The predicted octanol–water partition coefficient (Wildman–Crippen LogP) is 3.67. The van der Waals surface area contributed by atoms with E-state index in [-0.39, 0.29) is 11.5 Å². The van der Waals surface area contributed by atoms with Crippen LogP contribution in [0.5, 0.6) is 0 Å². The number of hydrogen-bond acceptors (Lipinski definition) is 2. The first kappa shape index (κ1) is 15.2. The summed E-state index contributed by atoms with van der Waals surface area (Å²) in [6.45, 7) is 4.09. The van der Waals surface area contributed by atoms with Gasteiger partial charge in [0.25, 0.3) is 0 Å². The fraction of sp³-hybridized carbons (Fsp3) is 0.286. The van der Waals surface area contributed by atoms with Gasteiger partial charge in [-0.25, -0.2) is 0 Å². The minimum Gasteiger partial charge on any atom is -0.364 e. The van der Waals surface area contributed by atoms with Crippen LogP contribution in [0.3, 0.4) is 0 Å². The van der Waals surface area contributed by atoms with E-state index >= 15 is 0 Å². The van der Waals surface area contributed by atoms with Crippen LogP contribution in [0.2, 0.25) is 0 Å². The minimum absolute atomic E-state index is 0.0568. The quantitative estimate of drug-likeness (QED) is 0.791. The van der Waals surface area contributed by atoms with Crippen molar-refractivity contribution in [1.29, 1.82) is 0 Å². The molecule has 3 heteroatoms. The third-order valence-corrected chi connectivity index (χ3v) is 5.02. The van der Waals surface area contributed by atoms with Gasteiger partial charge in [0.15, 0.2) is 0 Å². The molecule has 1 atom stereocenters. The van der Waals surface area contributed by atoms with Crippen LogP contribution in [0, 0.1) is 6.92 Å². The summed E-state index contributed by atoms with van der Waals surface area (Å²) < 4.78 is 6.11. The summed E-state index contributed by atoms with van der Waals surface area (Å²) in [5.41, 5.74) is 4.45. The molecule has 2 aliphatic rings. The van der Waals surface area contributed by atoms with Crippen molar-refractivity contribution >= 4 is 12.0 Å². The van der Waals surface area contributed by atoms with Gasteiger partial charge in [0.2, 0.25) is 5.91 Å². The van der Waals surface area contributed by atoms with Crippen molar-refractivity contribution in [3.05, 3.63) is 76.9 Å². The van der Waals surface area contributed by atoms with Crippen LogP contribution in [0.1, 0.15) is 28.7 Å². The Morgan fingerprint density at radius 1 is 1.21 bits per heavy atom. The minimum atomic E-state index is -0.302. The van der Waals surface area contributed by atoms with E-state index in [1.807, 2.05) is 29.2 Å². The molecule has 0 bridgehead atoms. The van der Waals surface area contributed by atoms with E-state index in [1.165, 1.54) is 16.7 Å². The highest BCUT2D eigenvalue weighted by Gasteiger charge is 2.46. The van der Waals surface area contributed by atoms with Crippen molar-refractivity contribution in [2.24, 2.45) is 0 Å². The molecule has 24 heavy (non-hydrogen) atoms. The molecular weight excluding hydrogens is 298 g/mol. The van der Waals surface area contributed by atoms with Crippen LogP contribution < -0.4 is 0 Å². The number of hydrogen-bond donors (Lipinski definition) is 0. The summed E-state index contributed by atoms with van der Waals surface area (Å²) in [4.78, 5) is 14.4. The van der Waals surface area contributed by atoms with Crippen molar-refractivity contribution in [3.8, 4) is 0 Å². The maximum atomic E-state index is 12.5. The van der Waals surface area contributed by atoms with E-state index < -0.39 is 0 Å². The molecule has 0 saturated carbocycles. The molecule has 1 saturated heterocycles. The number of carbonyl (C=O) groups is 1. The number of nitrogens with zero attached hydrogens (tertiary/aromatic N) is 1. The molecule has 0 aliphatic carbocycles. The SMILES string of the molecule is Cc1cccc(/C=C/C(=O)N2CCC3(C2)OCc2ccccc23)c1. The molecular formula is C21H21NO2. The second kappa shape index (κ2) is 5.91. The van der Waals surface area contributed by atoms with Crippen LogP contribution in [0.25, 0.3) is 6.08 Å². The monoisotopic (exact) mass is 319 g/mol. The highest BCUT2D eigenvalue weighted by Crippen LogP contribution is 2.43. The van der Waals surface area contributed by atoms with E-state index in [4.69, 9.17) is 4.74 Å². The van der Waals surface area contributed by atoms with Gasteiger partial charge in [0.05, 0.1) is 13.2 Å². The number of ether oxygens (including phenoxy) is 1. The Kier molecular flexibility index (Phi) is 3.73. The van der Waals surface area contributed by atoms with E-state index in [9.17, 15) is 4.79 Å². The second-order valence-electron chi connectivity index (χ2n) is 6.70. The van der Waals surface area contributed by atoms with E-state index in [0.29, 0.717) is 13.2 Å². The maximum Gasteiger partial charge on any atom is 0.246 e. The standard InChI is InChI=1S/C21H21NO2/c1-16-5-4-6-17(13-16)9-10-20(23)22-12-11-21(15-22)19-8-3-2-7-18(19)14-24-21/h2-10,13H,11-12,14-15H2,1H3/b10-9+. The van der Waals surface area contributed by atoms with Gasteiger partial charge in [-0.3, -0.25) is 4.79 Å². The van der Waals surface area contributed by atoms with Gasteiger partial charge in [-0.1, -0.05) is 54.1 Å². The number of benzene rings is 2. The Hall–Kier alpha value is -2.39. The zero-order chi connectivity index (χ0) is 16.6. The fourth-order valence-electron chi connectivity index (χ4n) is 3.74. The molecule has 2 aliphatic heterocycles. The molecule has 0 radical (unpaired) electrons. The average Bonchev–Trinajstić information content (AvgIpc) is 3.19. The molecule has 122 valence electrons. The van der Waals surface area contributed by atoms with Crippen LogP contribution in [0.4, 0.5) is 0 Å². The number of aryl methyl sites for hydroxylation is 1. The lowest BCUT2D eigenvalue weighted by Crippen LogP contribution is -2.33. The summed E-state index contributed by atoms with van der Waals surface area (Å²) in [5, 5.41) is 0. The molecule has 2 aromatic carbocycles. The smallest absolute Gasteiger partial charge is 0.246 e. The lowest BCUT2D eigenvalue weighted by atomic mass is 9.92. The number of rotatable bonds is 2. The topological polar surface area (TPSA) is 29.5 Å². The molecule has 3 nitrogen and oxygen atoms in total. The molecule has 1 spiro atoms. The van der Waals surface area contributed by atoms with Gasteiger partial charge < -0.3 is 9.64 Å². The van der Waals surface area contributed by atoms with Gasteiger partial charge in [0.1, 0.15) is 5.60 Å². The Morgan fingerprint density at radius 3 is 2.96 bits per heavy atom. The van der Waals surface area contributed by atoms with Gasteiger partial charge in [-0.2, -0.15) is 0 Å². The van der Waals surface area contributed by atoms with Gasteiger partial charge in [-0.05, 0) is 36.1 Å². The molecule has 0 aromatic heterocycles. The Bertz CT molecular complexity index is 811. The molecule has 2 aromatic rings. The number of amides is 1. The largest absolute Gasteiger partial charge is 0.364 e. The lowest BCUT2D eigenvalue weighted by Gasteiger charge is -2.24. The number of fused-ring (bicyclic) bond motifs is 2. The van der Waals surface area contributed by atoms with Gasteiger partial charge in [0, 0.05) is 12.6 Å². The molecule has 1 unspecified atom stereocenters. The van der Waals surface area contributed by atoms with Gasteiger partial charge >= 0.3 is 0 Å². The van der Waals surface area contributed by atoms with Crippen LogP contribution in [-0.4, -0.2) is 23.9 Å². The first-order chi connectivity index (χ1) is 11.7. The predicted molar refractivity (Wildman–Crippen MR) is 94.3 cm³/mol. The summed E-state index contributed by atoms with van der Waals surface area (Å²) in [6, 6.07) is 16.5. The Morgan fingerprint density at radius 2 is 2.08 bits per heavy atom. The second-order valence-corrected chi connectivity index (χ2v) is 6.70. The Labute approximate surface area is 142 Å². The molecule has 1 fully saturated rings. The summed E-state index contributed by atoms with van der Waals surface area (Å²) in [7, 11) is 0. The molecule has 4 rings (SSSR count). The first-order valence-electron chi connectivity index (χ1n) is 8.42. The van der Waals surface area contributed by atoms with E-state index in [1.54, 1.807) is 6.08 Å². The van der Waals surface area contributed by atoms with Crippen LogP contribution in [-0.2, 0) is 21.7 Å². The third kappa shape index (κ3) is 2.65. The number of likely N-dealkylation sites (tertiary alicyclic amines) is 1. The Balaban J connectivity index is 1.48. The van der Waals surface area contributed by atoms with Crippen molar-refractivity contribution in [1.82, 2.24) is 4.90 Å². The number of carbonyl (C=O) groups excluding carboxylic acids is 1. The first-order valence-corrected chi connectivity index (χ1v) is 8.42. The van der Waals surface area contributed by atoms with Crippen LogP contribution >= 0.6 is 0 Å². The normalized spacial score (nSPS) is 22.5. The van der Waals surface area contributed by atoms with Crippen LogP contribution in [0.15, 0.2) is 54.6 Å². The zero-order valence-electron chi connectivity index (χ0n) is 13.9. The van der Waals surface area contributed by atoms with Crippen molar-refractivity contribution in [3.63, 3.8) is 0 Å². The highest BCUT2D eigenvalue weighted by atomic mass is 16.5. The van der Waals surface area contributed by atoms with E-state index in [2.05, 4.69) is 37.3 Å². The summed E-state index contributed by atoms with van der Waals surface area (Å²) in [6.07, 6.45) is 4.44. The van der Waals surface area contributed by atoms with Crippen molar-refractivity contribution in [2.45, 2.75) is 25.6 Å². The van der Waals surface area contributed by atoms with Crippen molar-refractivity contribution < 1.29 is 9.53 Å². The lowest BCUT2D eigenvalue weighted by molar-refractivity contribution is -0.126. The van der Waals surface area contributed by atoms with Gasteiger partial charge in [-0.15, -0.1) is 0 Å². The van der Waals surface area contributed by atoms with E-state index in [0.717, 1.165) is 18.5 Å². The molecule has 0 N–H and O–H groups in total. The summed E-state index contributed by atoms with van der Waals surface area (Å²) >= 11 is 0. The van der Waals surface area contributed by atoms with Crippen molar-refractivity contribution in [2.75, 3.05) is 13.1 Å². The third-order valence-electron chi connectivity index (χ3n) is 5.02. The molecule has 1 amide bonds. The summed E-state index contributed by atoms with van der Waals surface area (Å²) in [5.74, 6) is 0.0568. The highest BCUT2D eigenvalue weighted by molar-refractivity contribution is 5.92. The fourth-order valence-corrected chi connectivity index (χ4v) is 3.74.